The molecule has 17 heavy (non-hydrogen) atoms. The van der Waals surface area contributed by atoms with Gasteiger partial charge in [-0.3, -0.25) is 0 Å². The zero-order valence-corrected chi connectivity index (χ0v) is 11.9. The van der Waals surface area contributed by atoms with Crippen molar-refractivity contribution in [3.63, 3.8) is 0 Å². The van der Waals surface area contributed by atoms with Crippen molar-refractivity contribution < 1.29 is 0 Å². The van der Waals surface area contributed by atoms with Crippen LogP contribution in [-0.4, -0.2) is 6.26 Å². The molecule has 0 aliphatic rings. The zero-order chi connectivity index (χ0) is 12.1. The molecule has 0 spiro atoms. The third-order valence-electron chi connectivity index (χ3n) is 2.40. The molecular weight excluding hydrogens is 268 g/mol. The van der Waals surface area contributed by atoms with Crippen LogP contribution in [0.2, 0.25) is 5.02 Å². The van der Waals surface area contributed by atoms with Crippen molar-refractivity contribution in [3.05, 3.63) is 59.1 Å². The topological polar surface area (TPSA) is 0 Å². The second-order valence-corrected chi connectivity index (χ2v) is 5.89. The van der Waals surface area contributed by atoms with E-state index in [4.69, 9.17) is 11.6 Å². The Morgan fingerprint density at radius 1 is 1.00 bits per heavy atom. The summed E-state index contributed by atoms with van der Waals surface area (Å²) >= 11 is 9.50. The predicted octanol–water partition coefficient (Wildman–Crippen LogP) is 5.35. The largest absolute Gasteiger partial charge is 0.129 e. The van der Waals surface area contributed by atoms with Gasteiger partial charge in [-0.05, 0) is 42.2 Å². The van der Waals surface area contributed by atoms with Crippen LogP contribution >= 0.6 is 35.1 Å². The Morgan fingerprint density at radius 3 is 2.41 bits per heavy atom. The van der Waals surface area contributed by atoms with Crippen LogP contribution in [-0.2, 0) is 5.75 Å². The molecule has 88 valence electrons. The molecule has 0 saturated heterocycles. The fourth-order valence-corrected chi connectivity index (χ4v) is 3.25. The molecule has 0 unspecified atom stereocenters. The summed E-state index contributed by atoms with van der Waals surface area (Å²) in [6.07, 6.45) is 2.12. The van der Waals surface area contributed by atoms with E-state index in [-0.39, 0.29) is 0 Å². The van der Waals surface area contributed by atoms with Crippen molar-refractivity contribution >= 4 is 35.1 Å². The molecule has 0 bridgehead atoms. The smallest absolute Gasteiger partial charge is 0.0406 e. The molecule has 0 radical (unpaired) electrons. The van der Waals surface area contributed by atoms with Gasteiger partial charge < -0.3 is 0 Å². The maximum absolute atomic E-state index is 5.86. The number of benzene rings is 2. The van der Waals surface area contributed by atoms with E-state index in [0.29, 0.717) is 0 Å². The van der Waals surface area contributed by atoms with Crippen molar-refractivity contribution in [1.29, 1.82) is 0 Å². The Labute approximate surface area is 116 Å². The fourth-order valence-electron chi connectivity index (χ4n) is 1.51. The molecule has 2 aromatic rings. The van der Waals surface area contributed by atoms with Crippen LogP contribution in [0, 0.1) is 0 Å². The minimum absolute atomic E-state index is 0.791. The highest BCUT2D eigenvalue weighted by atomic mass is 35.5. The van der Waals surface area contributed by atoms with Gasteiger partial charge in [0.1, 0.15) is 0 Å². The second-order valence-electron chi connectivity index (χ2n) is 3.55. The molecular formula is C14H13ClS2. The van der Waals surface area contributed by atoms with Crippen molar-refractivity contribution in [3.8, 4) is 0 Å². The Kier molecular flexibility index (Phi) is 4.84. The molecule has 0 saturated carbocycles. The molecule has 0 amide bonds. The van der Waals surface area contributed by atoms with Crippen molar-refractivity contribution in [2.75, 3.05) is 6.26 Å². The summed E-state index contributed by atoms with van der Waals surface area (Å²) in [6, 6.07) is 16.5. The highest BCUT2D eigenvalue weighted by Gasteiger charge is 2.01. The van der Waals surface area contributed by atoms with E-state index >= 15 is 0 Å². The van der Waals surface area contributed by atoms with Gasteiger partial charge in [-0.25, -0.2) is 0 Å². The normalized spacial score (nSPS) is 10.5. The van der Waals surface area contributed by atoms with E-state index in [1.807, 2.05) is 23.9 Å². The molecule has 0 nitrogen and oxygen atoms in total. The molecule has 0 aliphatic heterocycles. The second kappa shape index (κ2) is 6.39. The molecule has 0 N–H and O–H groups in total. The SMILES string of the molecule is CSc1ccccc1CSc1ccc(Cl)cc1. The van der Waals surface area contributed by atoms with Gasteiger partial charge in [0.05, 0.1) is 0 Å². The minimum atomic E-state index is 0.791. The molecule has 0 aromatic heterocycles. The van der Waals surface area contributed by atoms with E-state index in [0.717, 1.165) is 10.8 Å². The molecule has 0 heterocycles. The lowest BCUT2D eigenvalue weighted by Crippen LogP contribution is -1.84. The number of hydrogen-bond donors (Lipinski definition) is 0. The standard InChI is InChI=1S/C14H13ClS2/c1-16-14-5-3-2-4-11(14)10-17-13-8-6-12(15)7-9-13/h2-9H,10H2,1H3. The first-order valence-corrected chi connectivity index (χ1v) is 7.88. The average molecular weight is 281 g/mol. The van der Waals surface area contributed by atoms with Gasteiger partial charge >= 0.3 is 0 Å². The van der Waals surface area contributed by atoms with Gasteiger partial charge in [0.2, 0.25) is 0 Å². The summed E-state index contributed by atoms with van der Waals surface area (Å²) in [5.41, 5.74) is 1.39. The fraction of sp³-hybridized carbons (Fsp3) is 0.143. The first kappa shape index (κ1) is 12.9. The lowest BCUT2D eigenvalue weighted by molar-refractivity contribution is 1.26. The molecule has 0 atom stereocenters. The van der Waals surface area contributed by atoms with Crippen molar-refractivity contribution in [2.24, 2.45) is 0 Å². The summed E-state index contributed by atoms with van der Waals surface area (Å²) in [6.45, 7) is 0. The summed E-state index contributed by atoms with van der Waals surface area (Å²) < 4.78 is 0. The quantitative estimate of drug-likeness (QED) is 0.692. The van der Waals surface area contributed by atoms with Crippen molar-refractivity contribution in [2.45, 2.75) is 15.5 Å². The maximum Gasteiger partial charge on any atom is 0.0406 e. The van der Waals surface area contributed by atoms with Crippen LogP contribution in [0.4, 0.5) is 0 Å². The van der Waals surface area contributed by atoms with Gasteiger partial charge in [0, 0.05) is 20.6 Å². The number of thioether (sulfide) groups is 2. The van der Waals surface area contributed by atoms with Crippen LogP contribution in [0.25, 0.3) is 0 Å². The predicted molar refractivity (Wildman–Crippen MR) is 79.2 cm³/mol. The number of hydrogen-bond acceptors (Lipinski definition) is 2. The van der Waals surface area contributed by atoms with Gasteiger partial charge in [-0.1, -0.05) is 29.8 Å². The highest BCUT2D eigenvalue weighted by Crippen LogP contribution is 2.28. The Bertz CT molecular complexity index is 480. The Morgan fingerprint density at radius 2 is 1.71 bits per heavy atom. The summed E-state index contributed by atoms with van der Waals surface area (Å²) in [5, 5.41) is 0.791. The average Bonchev–Trinajstić information content (AvgIpc) is 2.38. The molecule has 0 aliphatic carbocycles. The minimum Gasteiger partial charge on any atom is -0.129 e. The lowest BCUT2D eigenvalue weighted by Gasteiger charge is -2.06. The molecule has 3 heteroatoms. The van der Waals surface area contributed by atoms with E-state index in [1.54, 1.807) is 11.8 Å². The molecule has 2 rings (SSSR count). The van der Waals surface area contributed by atoms with Gasteiger partial charge in [-0.2, -0.15) is 0 Å². The van der Waals surface area contributed by atoms with E-state index in [2.05, 4.69) is 42.7 Å². The Hall–Kier alpha value is -0.570. The van der Waals surface area contributed by atoms with E-state index in [9.17, 15) is 0 Å². The monoisotopic (exact) mass is 280 g/mol. The van der Waals surface area contributed by atoms with Crippen LogP contribution < -0.4 is 0 Å². The maximum atomic E-state index is 5.86. The van der Waals surface area contributed by atoms with Gasteiger partial charge in [0.25, 0.3) is 0 Å². The van der Waals surface area contributed by atoms with Crippen LogP contribution in [0.1, 0.15) is 5.56 Å². The van der Waals surface area contributed by atoms with Crippen LogP contribution in [0.3, 0.4) is 0 Å². The van der Waals surface area contributed by atoms with E-state index < -0.39 is 0 Å². The summed E-state index contributed by atoms with van der Waals surface area (Å²) in [7, 11) is 0. The summed E-state index contributed by atoms with van der Waals surface area (Å²) in [5.74, 6) is 0.999. The van der Waals surface area contributed by atoms with Crippen molar-refractivity contribution in [1.82, 2.24) is 0 Å². The van der Waals surface area contributed by atoms with Gasteiger partial charge in [-0.15, -0.1) is 23.5 Å². The first-order valence-electron chi connectivity index (χ1n) is 5.30. The molecule has 0 fully saturated rings. The highest BCUT2D eigenvalue weighted by molar-refractivity contribution is 7.99. The zero-order valence-electron chi connectivity index (χ0n) is 9.52. The van der Waals surface area contributed by atoms with E-state index in [1.165, 1.54) is 15.4 Å². The third kappa shape index (κ3) is 3.70. The third-order valence-corrected chi connectivity index (χ3v) is 4.55. The first-order chi connectivity index (χ1) is 8.29. The van der Waals surface area contributed by atoms with Gasteiger partial charge in [0.15, 0.2) is 0 Å². The number of rotatable bonds is 4. The van der Waals surface area contributed by atoms with Crippen LogP contribution in [0.15, 0.2) is 58.3 Å². The summed E-state index contributed by atoms with van der Waals surface area (Å²) in [4.78, 5) is 2.61. The molecule has 2 aromatic carbocycles. The number of halogens is 1. The Balaban J connectivity index is 2.04. The lowest BCUT2D eigenvalue weighted by atomic mass is 10.2. The van der Waals surface area contributed by atoms with Crippen LogP contribution in [0.5, 0.6) is 0 Å².